The molecule has 2 aromatic rings. The van der Waals surface area contributed by atoms with Crippen molar-refractivity contribution < 1.29 is 4.79 Å². The van der Waals surface area contributed by atoms with Crippen molar-refractivity contribution >= 4 is 28.2 Å². The van der Waals surface area contributed by atoms with Crippen molar-refractivity contribution in [2.24, 2.45) is 7.05 Å². The Bertz CT molecular complexity index is 621. The third-order valence-corrected chi connectivity index (χ3v) is 4.27. The van der Waals surface area contributed by atoms with Crippen LogP contribution in [0.2, 0.25) is 0 Å². The molecule has 0 fully saturated rings. The molecule has 0 unspecified atom stereocenters. The Labute approximate surface area is 127 Å². The van der Waals surface area contributed by atoms with Gasteiger partial charge in [0.15, 0.2) is 5.13 Å². The van der Waals surface area contributed by atoms with Crippen molar-refractivity contribution in [1.29, 1.82) is 0 Å². The first-order valence-corrected chi connectivity index (χ1v) is 7.43. The van der Waals surface area contributed by atoms with Crippen LogP contribution in [0.3, 0.4) is 0 Å². The number of hydrogen-bond acceptors (Lipinski definition) is 7. The number of nitrogens with two attached hydrogens (primary N) is 1. The van der Waals surface area contributed by atoms with Gasteiger partial charge in [0.25, 0.3) is 5.91 Å². The van der Waals surface area contributed by atoms with Gasteiger partial charge in [0.2, 0.25) is 0 Å². The number of carbonyl (C=O) groups excluding carboxylic acids is 1. The number of rotatable bonds is 6. The van der Waals surface area contributed by atoms with Gasteiger partial charge in [0.1, 0.15) is 22.8 Å². The first-order valence-electron chi connectivity index (χ1n) is 6.61. The number of aromatic nitrogens is 4. The SMILES string of the molecule is CCN(C)c1nc(N)c(C(=O)NCCc2nncn2C)s1. The molecule has 2 rings (SSSR count). The smallest absolute Gasteiger partial charge is 0.265 e. The minimum absolute atomic E-state index is 0.206. The maximum absolute atomic E-state index is 12.1. The predicted octanol–water partition coefficient (Wildman–Crippen LogP) is 0.282. The van der Waals surface area contributed by atoms with Crippen LogP contribution in [0.15, 0.2) is 6.33 Å². The van der Waals surface area contributed by atoms with Crippen molar-refractivity contribution in [3.8, 4) is 0 Å². The Morgan fingerprint density at radius 3 is 2.95 bits per heavy atom. The van der Waals surface area contributed by atoms with Crippen molar-refractivity contribution in [3.05, 3.63) is 17.0 Å². The van der Waals surface area contributed by atoms with Crippen molar-refractivity contribution in [2.45, 2.75) is 13.3 Å². The fraction of sp³-hybridized carbons (Fsp3) is 0.500. The summed E-state index contributed by atoms with van der Waals surface area (Å²) in [6.45, 7) is 3.29. The predicted molar refractivity (Wildman–Crippen MR) is 82.5 cm³/mol. The summed E-state index contributed by atoms with van der Waals surface area (Å²) in [5, 5.41) is 11.3. The van der Waals surface area contributed by atoms with E-state index in [1.54, 1.807) is 6.33 Å². The van der Waals surface area contributed by atoms with Crippen LogP contribution in [0.1, 0.15) is 22.4 Å². The molecule has 3 N–H and O–H groups in total. The lowest BCUT2D eigenvalue weighted by molar-refractivity contribution is 0.0958. The molecule has 21 heavy (non-hydrogen) atoms. The quantitative estimate of drug-likeness (QED) is 0.795. The molecule has 114 valence electrons. The lowest BCUT2D eigenvalue weighted by Gasteiger charge is -2.10. The highest BCUT2D eigenvalue weighted by molar-refractivity contribution is 7.18. The zero-order valence-corrected chi connectivity index (χ0v) is 13.1. The van der Waals surface area contributed by atoms with Gasteiger partial charge < -0.3 is 20.5 Å². The number of amides is 1. The van der Waals surface area contributed by atoms with Crippen LogP contribution in [0.4, 0.5) is 10.9 Å². The monoisotopic (exact) mass is 309 g/mol. The lowest BCUT2D eigenvalue weighted by atomic mass is 10.4. The van der Waals surface area contributed by atoms with Gasteiger partial charge in [-0.3, -0.25) is 4.79 Å². The molecule has 0 spiro atoms. The van der Waals surface area contributed by atoms with Gasteiger partial charge in [-0.1, -0.05) is 11.3 Å². The van der Waals surface area contributed by atoms with Gasteiger partial charge in [-0.2, -0.15) is 0 Å². The summed E-state index contributed by atoms with van der Waals surface area (Å²) in [6, 6.07) is 0. The summed E-state index contributed by atoms with van der Waals surface area (Å²) < 4.78 is 1.82. The van der Waals surface area contributed by atoms with E-state index >= 15 is 0 Å². The minimum Gasteiger partial charge on any atom is -0.382 e. The highest BCUT2D eigenvalue weighted by atomic mass is 32.1. The Kier molecular flexibility index (Phi) is 4.73. The highest BCUT2D eigenvalue weighted by Gasteiger charge is 2.17. The van der Waals surface area contributed by atoms with E-state index in [2.05, 4.69) is 20.5 Å². The van der Waals surface area contributed by atoms with Gasteiger partial charge in [-0.05, 0) is 6.92 Å². The van der Waals surface area contributed by atoms with Crippen LogP contribution in [0.5, 0.6) is 0 Å². The molecular weight excluding hydrogens is 290 g/mol. The minimum atomic E-state index is -0.206. The second-order valence-electron chi connectivity index (χ2n) is 4.59. The third kappa shape index (κ3) is 3.48. The second kappa shape index (κ2) is 6.53. The van der Waals surface area contributed by atoms with E-state index in [0.29, 0.717) is 17.8 Å². The average molecular weight is 309 g/mol. The van der Waals surface area contributed by atoms with Gasteiger partial charge in [-0.25, -0.2) is 4.98 Å². The fourth-order valence-corrected chi connectivity index (χ4v) is 2.61. The normalized spacial score (nSPS) is 10.6. The summed E-state index contributed by atoms with van der Waals surface area (Å²) in [5.74, 6) is 0.883. The van der Waals surface area contributed by atoms with Crippen LogP contribution >= 0.6 is 11.3 Å². The van der Waals surface area contributed by atoms with Crippen LogP contribution < -0.4 is 16.0 Å². The summed E-state index contributed by atoms with van der Waals surface area (Å²) in [5.41, 5.74) is 5.81. The summed E-state index contributed by atoms with van der Waals surface area (Å²) in [4.78, 5) is 18.7. The largest absolute Gasteiger partial charge is 0.382 e. The highest BCUT2D eigenvalue weighted by Crippen LogP contribution is 2.27. The van der Waals surface area contributed by atoms with Crippen LogP contribution in [0, 0.1) is 0 Å². The van der Waals surface area contributed by atoms with E-state index in [-0.39, 0.29) is 11.7 Å². The Morgan fingerprint density at radius 1 is 1.57 bits per heavy atom. The summed E-state index contributed by atoms with van der Waals surface area (Å²) in [7, 11) is 3.78. The molecule has 0 aliphatic carbocycles. The number of aryl methyl sites for hydroxylation is 1. The van der Waals surface area contributed by atoms with Gasteiger partial charge in [-0.15, -0.1) is 10.2 Å². The Morgan fingerprint density at radius 2 is 2.33 bits per heavy atom. The fourth-order valence-electron chi connectivity index (χ4n) is 1.68. The number of carbonyl (C=O) groups is 1. The molecule has 9 heteroatoms. The molecule has 0 radical (unpaired) electrons. The number of thiazole rings is 1. The molecule has 0 saturated carbocycles. The van der Waals surface area contributed by atoms with Crippen molar-refractivity contribution in [3.63, 3.8) is 0 Å². The van der Waals surface area contributed by atoms with Crippen LogP contribution in [-0.2, 0) is 13.5 Å². The van der Waals surface area contributed by atoms with Gasteiger partial charge in [0, 0.05) is 33.6 Å². The molecule has 0 saturated heterocycles. The Hall–Kier alpha value is -2.16. The molecule has 0 aliphatic rings. The zero-order valence-electron chi connectivity index (χ0n) is 12.3. The van der Waals surface area contributed by atoms with E-state index in [1.807, 2.05) is 30.5 Å². The third-order valence-electron chi connectivity index (χ3n) is 3.09. The van der Waals surface area contributed by atoms with Crippen molar-refractivity contribution in [1.82, 2.24) is 25.1 Å². The number of hydrogen-bond donors (Lipinski definition) is 2. The standard InChI is InChI=1S/C12H19N7OS/c1-4-18(2)12-16-10(13)9(21-12)11(20)14-6-5-8-17-15-7-19(8)3/h7H,4-6,13H2,1-3H3,(H,14,20). The number of nitrogens with zero attached hydrogens (tertiary/aromatic N) is 5. The van der Waals surface area contributed by atoms with E-state index in [0.717, 1.165) is 17.5 Å². The number of nitrogens with one attached hydrogen (secondary N) is 1. The molecule has 8 nitrogen and oxygen atoms in total. The molecule has 0 bridgehead atoms. The average Bonchev–Trinajstić information content (AvgIpc) is 3.04. The maximum Gasteiger partial charge on any atom is 0.265 e. The second-order valence-corrected chi connectivity index (χ2v) is 5.57. The van der Waals surface area contributed by atoms with Gasteiger partial charge in [0.05, 0.1) is 0 Å². The molecule has 2 aromatic heterocycles. The van der Waals surface area contributed by atoms with Gasteiger partial charge >= 0.3 is 0 Å². The molecule has 0 aliphatic heterocycles. The van der Waals surface area contributed by atoms with E-state index in [1.165, 1.54) is 11.3 Å². The van der Waals surface area contributed by atoms with E-state index in [9.17, 15) is 4.79 Å². The number of anilines is 2. The summed E-state index contributed by atoms with van der Waals surface area (Å²) >= 11 is 1.30. The zero-order chi connectivity index (χ0) is 15.4. The topological polar surface area (TPSA) is 102 Å². The molecule has 0 atom stereocenters. The van der Waals surface area contributed by atoms with Crippen LogP contribution in [0.25, 0.3) is 0 Å². The molecule has 0 aromatic carbocycles. The summed E-state index contributed by atoms with van der Waals surface area (Å²) in [6.07, 6.45) is 2.24. The number of nitrogen functional groups attached to an aromatic ring is 1. The lowest BCUT2D eigenvalue weighted by Crippen LogP contribution is -2.26. The Balaban J connectivity index is 1.94. The molecule has 1 amide bonds. The van der Waals surface area contributed by atoms with E-state index < -0.39 is 0 Å². The van der Waals surface area contributed by atoms with Crippen LogP contribution in [-0.4, -0.2) is 45.8 Å². The first kappa shape index (κ1) is 15.2. The van der Waals surface area contributed by atoms with E-state index in [4.69, 9.17) is 5.73 Å². The first-order chi connectivity index (χ1) is 10.0. The molecule has 2 heterocycles. The maximum atomic E-state index is 12.1. The van der Waals surface area contributed by atoms with Crippen molar-refractivity contribution in [2.75, 3.05) is 30.8 Å². The molecular formula is C12H19N7OS.